The Morgan fingerprint density at radius 2 is 2.31 bits per heavy atom. The van der Waals surface area contributed by atoms with Crippen LogP contribution in [0.5, 0.6) is 0 Å². The van der Waals surface area contributed by atoms with E-state index in [1.165, 1.54) is 0 Å². The first-order valence-corrected chi connectivity index (χ1v) is 7.06. The Labute approximate surface area is 114 Å². The summed E-state index contributed by atoms with van der Waals surface area (Å²) in [6.45, 7) is 5.25. The van der Waals surface area contributed by atoms with Crippen LogP contribution in [0.1, 0.15) is 24.2 Å². The highest BCUT2D eigenvalue weighted by molar-refractivity contribution is 14.1. The summed E-state index contributed by atoms with van der Waals surface area (Å²) in [4.78, 5) is 14.0. The van der Waals surface area contributed by atoms with Crippen molar-refractivity contribution in [3.05, 3.63) is 19.9 Å². The number of hydrogen-bond donors (Lipinski definition) is 0. The van der Waals surface area contributed by atoms with E-state index in [4.69, 9.17) is 4.74 Å². The summed E-state index contributed by atoms with van der Waals surface area (Å²) >= 11 is 3.82. The molecule has 0 bridgehead atoms. The second-order valence-electron chi connectivity index (χ2n) is 3.72. The van der Waals surface area contributed by atoms with Crippen molar-refractivity contribution in [3.8, 4) is 0 Å². The van der Waals surface area contributed by atoms with Crippen molar-refractivity contribution >= 4 is 39.8 Å². The maximum Gasteiger partial charge on any atom is 0.255 e. The SMILES string of the molecule is COCCN(C(=O)c1csc(I)c1)C(C)C. The van der Waals surface area contributed by atoms with E-state index in [1.807, 2.05) is 30.2 Å². The molecule has 3 nitrogen and oxygen atoms in total. The van der Waals surface area contributed by atoms with Crippen LogP contribution in [0.25, 0.3) is 0 Å². The first kappa shape index (κ1) is 13.9. The van der Waals surface area contributed by atoms with E-state index in [0.717, 1.165) is 8.45 Å². The molecule has 5 heteroatoms. The van der Waals surface area contributed by atoms with Crippen molar-refractivity contribution in [2.75, 3.05) is 20.3 Å². The summed E-state index contributed by atoms with van der Waals surface area (Å²) in [5.41, 5.74) is 0.777. The van der Waals surface area contributed by atoms with Crippen LogP contribution in [0.15, 0.2) is 11.4 Å². The third kappa shape index (κ3) is 3.71. The molecule has 1 aromatic heterocycles. The van der Waals surface area contributed by atoms with Crippen LogP contribution >= 0.6 is 33.9 Å². The predicted molar refractivity (Wildman–Crippen MR) is 75.1 cm³/mol. The van der Waals surface area contributed by atoms with Gasteiger partial charge in [0, 0.05) is 25.1 Å². The number of methoxy groups -OCH3 is 1. The van der Waals surface area contributed by atoms with E-state index in [2.05, 4.69) is 22.6 Å². The van der Waals surface area contributed by atoms with Gasteiger partial charge < -0.3 is 9.64 Å². The molecular formula is C11H16INO2S. The summed E-state index contributed by atoms with van der Waals surface area (Å²) < 4.78 is 6.16. The van der Waals surface area contributed by atoms with E-state index in [-0.39, 0.29) is 11.9 Å². The minimum absolute atomic E-state index is 0.0891. The number of amides is 1. The molecule has 1 aromatic rings. The molecule has 0 aromatic carbocycles. The standard InChI is InChI=1S/C11H16INO2S/c1-8(2)13(4-5-15-3)11(14)9-6-10(12)16-7-9/h6-8H,4-5H2,1-3H3. The molecule has 16 heavy (non-hydrogen) atoms. The molecule has 0 aliphatic carbocycles. The van der Waals surface area contributed by atoms with Gasteiger partial charge in [-0.15, -0.1) is 11.3 Å². The molecular weight excluding hydrogens is 337 g/mol. The van der Waals surface area contributed by atoms with Gasteiger partial charge in [-0.3, -0.25) is 4.79 Å². The average Bonchev–Trinajstić information content (AvgIpc) is 2.64. The van der Waals surface area contributed by atoms with Crippen LogP contribution in [0, 0.1) is 2.88 Å². The Hall–Kier alpha value is -0.140. The molecule has 1 rings (SSSR count). The summed E-state index contributed by atoms with van der Waals surface area (Å²) in [6, 6.07) is 2.12. The van der Waals surface area contributed by atoms with E-state index in [0.29, 0.717) is 13.2 Å². The second kappa shape index (κ2) is 6.56. The molecule has 1 heterocycles. The van der Waals surface area contributed by atoms with Gasteiger partial charge in [-0.1, -0.05) is 0 Å². The minimum atomic E-state index is 0.0891. The maximum absolute atomic E-state index is 12.2. The zero-order valence-corrected chi connectivity index (χ0v) is 12.7. The zero-order chi connectivity index (χ0) is 12.1. The number of carbonyl (C=O) groups excluding carboxylic acids is 1. The van der Waals surface area contributed by atoms with Crippen LogP contribution in [-0.4, -0.2) is 37.1 Å². The highest BCUT2D eigenvalue weighted by Gasteiger charge is 2.19. The molecule has 0 aliphatic heterocycles. The third-order valence-corrected chi connectivity index (χ3v) is 4.02. The number of nitrogens with zero attached hydrogens (tertiary/aromatic N) is 1. The molecule has 0 unspecified atom stereocenters. The Morgan fingerprint density at radius 3 is 2.75 bits per heavy atom. The molecule has 0 spiro atoms. The Bertz CT molecular complexity index is 352. The monoisotopic (exact) mass is 353 g/mol. The summed E-state index contributed by atoms with van der Waals surface area (Å²) in [6.07, 6.45) is 0. The van der Waals surface area contributed by atoms with Crippen LogP contribution in [-0.2, 0) is 4.74 Å². The van der Waals surface area contributed by atoms with Crippen LogP contribution < -0.4 is 0 Å². The number of halogens is 1. The van der Waals surface area contributed by atoms with E-state index in [9.17, 15) is 4.79 Å². The fourth-order valence-electron chi connectivity index (χ4n) is 1.37. The summed E-state index contributed by atoms with van der Waals surface area (Å²) in [7, 11) is 1.65. The third-order valence-electron chi connectivity index (χ3n) is 2.23. The highest BCUT2D eigenvalue weighted by atomic mass is 127. The number of hydrogen-bond acceptors (Lipinski definition) is 3. The van der Waals surface area contributed by atoms with Gasteiger partial charge in [0.15, 0.2) is 0 Å². The molecule has 0 saturated carbocycles. The smallest absolute Gasteiger partial charge is 0.255 e. The van der Waals surface area contributed by atoms with Gasteiger partial charge in [0.1, 0.15) is 0 Å². The van der Waals surface area contributed by atoms with Gasteiger partial charge in [0.25, 0.3) is 5.91 Å². The van der Waals surface area contributed by atoms with E-state index < -0.39 is 0 Å². The van der Waals surface area contributed by atoms with Crippen molar-refractivity contribution in [1.29, 1.82) is 0 Å². The van der Waals surface area contributed by atoms with Crippen molar-refractivity contribution in [2.45, 2.75) is 19.9 Å². The van der Waals surface area contributed by atoms with E-state index in [1.54, 1.807) is 18.4 Å². The topological polar surface area (TPSA) is 29.5 Å². The molecule has 0 fully saturated rings. The fourth-order valence-corrected chi connectivity index (χ4v) is 2.69. The maximum atomic E-state index is 12.2. The molecule has 90 valence electrons. The Kier molecular flexibility index (Phi) is 5.71. The Morgan fingerprint density at radius 1 is 1.62 bits per heavy atom. The van der Waals surface area contributed by atoms with Crippen molar-refractivity contribution in [1.82, 2.24) is 4.90 Å². The van der Waals surface area contributed by atoms with Gasteiger partial charge in [0.05, 0.1) is 15.1 Å². The lowest BCUT2D eigenvalue weighted by Crippen LogP contribution is -2.39. The van der Waals surface area contributed by atoms with Crippen molar-refractivity contribution in [3.63, 3.8) is 0 Å². The Balaban J connectivity index is 2.74. The van der Waals surface area contributed by atoms with Crippen LogP contribution in [0.3, 0.4) is 0 Å². The van der Waals surface area contributed by atoms with Crippen LogP contribution in [0.2, 0.25) is 0 Å². The molecule has 0 N–H and O–H groups in total. The van der Waals surface area contributed by atoms with Crippen molar-refractivity contribution in [2.24, 2.45) is 0 Å². The zero-order valence-electron chi connectivity index (χ0n) is 9.70. The minimum Gasteiger partial charge on any atom is -0.383 e. The average molecular weight is 353 g/mol. The largest absolute Gasteiger partial charge is 0.383 e. The van der Waals surface area contributed by atoms with Crippen LogP contribution in [0.4, 0.5) is 0 Å². The number of thiophene rings is 1. The van der Waals surface area contributed by atoms with Gasteiger partial charge in [-0.05, 0) is 42.5 Å². The quantitative estimate of drug-likeness (QED) is 0.762. The fraction of sp³-hybridized carbons (Fsp3) is 0.545. The van der Waals surface area contributed by atoms with Gasteiger partial charge >= 0.3 is 0 Å². The lowest BCUT2D eigenvalue weighted by Gasteiger charge is -2.26. The number of ether oxygens (including phenoxy) is 1. The second-order valence-corrected chi connectivity index (χ2v) is 6.53. The highest BCUT2D eigenvalue weighted by Crippen LogP contribution is 2.18. The van der Waals surface area contributed by atoms with E-state index >= 15 is 0 Å². The molecule has 0 saturated heterocycles. The van der Waals surface area contributed by atoms with Gasteiger partial charge in [-0.25, -0.2) is 0 Å². The molecule has 1 amide bonds. The number of rotatable bonds is 5. The molecule has 0 aliphatic rings. The summed E-state index contributed by atoms with van der Waals surface area (Å²) in [5.74, 6) is 0.0891. The lowest BCUT2D eigenvalue weighted by molar-refractivity contribution is 0.0635. The number of carbonyl (C=O) groups is 1. The lowest BCUT2D eigenvalue weighted by atomic mass is 10.2. The van der Waals surface area contributed by atoms with Gasteiger partial charge in [-0.2, -0.15) is 0 Å². The first-order chi connectivity index (χ1) is 7.56. The first-order valence-electron chi connectivity index (χ1n) is 5.10. The molecule has 0 radical (unpaired) electrons. The van der Waals surface area contributed by atoms with Crippen molar-refractivity contribution < 1.29 is 9.53 Å². The van der Waals surface area contributed by atoms with Gasteiger partial charge in [0.2, 0.25) is 0 Å². The summed E-state index contributed by atoms with van der Waals surface area (Å²) in [5, 5.41) is 1.91. The molecule has 0 atom stereocenters. The normalized spacial score (nSPS) is 10.8. The predicted octanol–water partition coefficient (Wildman–Crippen LogP) is 2.85.